The topological polar surface area (TPSA) is 83.9 Å². The lowest BCUT2D eigenvalue weighted by molar-refractivity contribution is -0.145. The first-order valence-corrected chi connectivity index (χ1v) is 11.5. The van der Waals surface area contributed by atoms with Gasteiger partial charge in [0.05, 0.1) is 14.9 Å². The SMILES string of the molecule is CN(Cc1ccc(OC(C(=O)O)c2cc(F)cc(F)c2)cc1)S(=O)(=O)c1ccc(Cl)c(Cl)c1. The zero-order chi connectivity index (χ0) is 24.3. The highest BCUT2D eigenvalue weighted by Gasteiger charge is 2.24. The number of hydrogen-bond donors (Lipinski definition) is 1. The molecule has 0 aliphatic carbocycles. The Kier molecular flexibility index (Phi) is 7.58. The third-order valence-corrected chi connectivity index (χ3v) is 7.13. The van der Waals surface area contributed by atoms with E-state index in [0.29, 0.717) is 11.6 Å². The summed E-state index contributed by atoms with van der Waals surface area (Å²) in [5, 5.41) is 9.76. The van der Waals surface area contributed by atoms with E-state index < -0.39 is 33.7 Å². The summed E-state index contributed by atoms with van der Waals surface area (Å²) in [6, 6.07) is 12.3. The lowest BCUT2D eigenvalue weighted by Gasteiger charge is -2.19. The molecule has 0 aliphatic rings. The molecule has 0 heterocycles. The molecule has 174 valence electrons. The van der Waals surface area contributed by atoms with Crippen molar-refractivity contribution in [2.24, 2.45) is 0 Å². The summed E-state index contributed by atoms with van der Waals surface area (Å²) in [6.45, 7) is 0.000323. The van der Waals surface area contributed by atoms with Crippen molar-refractivity contribution in [2.45, 2.75) is 17.5 Å². The molecule has 1 unspecified atom stereocenters. The second kappa shape index (κ2) is 10.0. The highest BCUT2D eigenvalue weighted by molar-refractivity contribution is 7.89. The van der Waals surface area contributed by atoms with E-state index in [1.165, 1.54) is 37.4 Å². The summed E-state index contributed by atoms with van der Waals surface area (Å²) < 4.78 is 59.0. The number of rotatable bonds is 8. The van der Waals surface area contributed by atoms with Crippen LogP contribution in [0.15, 0.2) is 65.6 Å². The van der Waals surface area contributed by atoms with Crippen LogP contribution in [0.25, 0.3) is 0 Å². The fourth-order valence-corrected chi connectivity index (χ4v) is 4.50. The van der Waals surface area contributed by atoms with Gasteiger partial charge >= 0.3 is 5.97 Å². The van der Waals surface area contributed by atoms with Crippen LogP contribution in [0, 0.1) is 11.6 Å². The standard InChI is InChI=1S/C22H17Cl2F2NO5S/c1-27(33(30,31)18-6-7-19(23)20(24)11-18)12-13-2-4-17(5-3-13)32-21(22(28)29)14-8-15(25)10-16(26)9-14/h2-11,21H,12H2,1H3,(H,28,29). The Morgan fingerprint density at radius 3 is 2.15 bits per heavy atom. The maximum absolute atomic E-state index is 13.5. The molecule has 0 saturated heterocycles. The second-order valence-electron chi connectivity index (χ2n) is 7.02. The Labute approximate surface area is 199 Å². The third-order valence-electron chi connectivity index (χ3n) is 4.59. The fourth-order valence-electron chi connectivity index (χ4n) is 2.96. The normalized spacial score (nSPS) is 12.5. The molecule has 11 heteroatoms. The number of carboxylic acids is 1. The van der Waals surface area contributed by atoms with Crippen molar-refractivity contribution in [3.8, 4) is 5.75 Å². The van der Waals surface area contributed by atoms with Gasteiger partial charge in [0.2, 0.25) is 16.1 Å². The number of ether oxygens (including phenoxy) is 1. The summed E-state index contributed by atoms with van der Waals surface area (Å²) in [7, 11) is -2.46. The molecule has 33 heavy (non-hydrogen) atoms. The molecule has 0 bridgehead atoms. The van der Waals surface area contributed by atoms with Crippen LogP contribution in [0.3, 0.4) is 0 Å². The lowest BCUT2D eigenvalue weighted by Crippen LogP contribution is -2.26. The zero-order valence-electron chi connectivity index (χ0n) is 17.0. The van der Waals surface area contributed by atoms with E-state index in [4.69, 9.17) is 27.9 Å². The van der Waals surface area contributed by atoms with E-state index in [0.717, 1.165) is 16.4 Å². The maximum Gasteiger partial charge on any atom is 0.349 e. The van der Waals surface area contributed by atoms with Crippen molar-refractivity contribution < 1.29 is 31.8 Å². The van der Waals surface area contributed by atoms with E-state index in [9.17, 15) is 27.1 Å². The van der Waals surface area contributed by atoms with Gasteiger partial charge in [-0.15, -0.1) is 0 Å². The van der Waals surface area contributed by atoms with E-state index in [1.54, 1.807) is 12.1 Å². The van der Waals surface area contributed by atoms with Gasteiger partial charge in [0.25, 0.3) is 0 Å². The molecule has 0 spiro atoms. The Hall–Kier alpha value is -2.72. The van der Waals surface area contributed by atoms with Gasteiger partial charge in [-0.25, -0.2) is 22.0 Å². The van der Waals surface area contributed by atoms with Gasteiger partial charge in [-0.2, -0.15) is 4.31 Å². The average molecular weight is 516 g/mol. The van der Waals surface area contributed by atoms with Gasteiger partial charge in [-0.3, -0.25) is 0 Å². The van der Waals surface area contributed by atoms with Crippen molar-refractivity contribution in [3.05, 3.63) is 93.5 Å². The summed E-state index contributed by atoms with van der Waals surface area (Å²) >= 11 is 11.8. The minimum absolute atomic E-state index is 0.000323. The Morgan fingerprint density at radius 2 is 1.61 bits per heavy atom. The Bertz CT molecular complexity index is 1270. The van der Waals surface area contributed by atoms with E-state index >= 15 is 0 Å². The molecule has 6 nitrogen and oxygen atoms in total. The smallest absolute Gasteiger partial charge is 0.349 e. The van der Waals surface area contributed by atoms with Gasteiger partial charge in [0.15, 0.2) is 0 Å². The molecule has 3 aromatic carbocycles. The summed E-state index contributed by atoms with van der Waals surface area (Å²) in [5.41, 5.74) is 0.383. The van der Waals surface area contributed by atoms with Crippen LogP contribution in [0.1, 0.15) is 17.2 Å². The molecule has 0 aliphatic heterocycles. The van der Waals surface area contributed by atoms with Crippen LogP contribution >= 0.6 is 23.2 Å². The molecule has 0 amide bonds. The molecule has 0 aromatic heterocycles. The maximum atomic E-state index is 13.5. The minimum atomic E-state index is -3.85. The average Bonchev–Trinajstić information content (AvgIpc) is 2.74. The number of sulfonamides is 1. The predicted octanol–water partition coefficient (Wildman–Crippen LogP) is 5.30. The first-order chi connectivity index (χ1) is 15.5. The van der Waals surface area contributed by atoms with Gasteiger partial charge in [-0.05, 0) is 48.0 Å². The van der Waals surface area contributed by atoms with Crippen molar-refractivity contribution >= 4 is 39.2 Å². The first kappa shape index (κ1) is 24.9. The molecule has 0 fully saturated rings. The van der Waals surface area contributed by atoms with E-state index in [-0.39, 0.29) is 32.8 Å². The number of carbonyl (C=O) groups is 1. The summed E-state index contributed by atoms with van der Waals surface area (Å²) in [6.07, 6.45) is -1.64. The second-order valence-corrected chi connectivity index (χ2v) is 9.88. The molecule has 1 atom stereocenters. The van der Waals surface area contributed by atoms with Crippen LogP contribution < -0.4 is 4.74 Å². The van der Waals surface area contributed by atoms with Gasteiger partial charge in [0, 0.05) is 25.2 Å². The Balaban J connectivity index is 1.75. The largest absolute Gasteiger partial charge is 0.478 e. The highest BCUT2D eigenvalue weighted by Crippen LogP contribution is 2.28. The van der Waals surface area contributed by atoms with Gasteiger partial charge in [0.1, 0.15) is 17.4 Å². The van der Waals surface area contributed by atoms with Crippen molar-refractivity contribution in [2.75, 3.05) is 7.05 Å². The molecular formula is C22H17Cl2F2NO5S. The number of nitrogens with zero attached hydrogens (tertiary/aromatic N) is 1. The van der Waals surface area contributed by atoms with Crippen LogP contribution in [-0.2, 0) is 21.4 Å². The zero-order valence-corrected chi connectivity index (χ0v) is 19.3. The minimum Gasteiger partial charge on any atom is -0.478 e. The number of aliphatic carboxylic acids is 1. The summed E-state index contributed by atoms with van der Waals surface area (Å²) in [5.74, 6) is -3.18. The highest BCUT2D eigenvalue weighted by atomic mass is 35.5. The predicted molar refractivity (Wildman–Crippen MR) is 119 cm³/mol. The van der Waals surface area contributed by atoms with Crippen LogP contribution in [0.2, 0.25) is 10.0 Å². The molecule has 3 aromatic rings. The van der Waals surface area contributed by atoms with Crippen LogP contribution in [-0.4, -0.2) is 30.8 Å². The lowest BCUT2D eigenvalue weighted by atomic mass is 10.1. The number of hydrogen-bond acceptors (Lipinski definition) is 4. The van der Waals surface area contributed by atoms with E-state index in [1.807, 2.05) is 0 Å². The van der Waals surface area contributed by atoms with Crippen molar-refractivity contribution in [3.63, 3.8) is 0 Å². The fraction of sp³-hybridized carbons (Fsp3) is 0.136. The molecule has 0 radical (unpaired) electrons. The molecule has 0 saturated carbocycles. The molecule has 3 rings (SSSR count). The molecule has 1 N–H and O–H groups in total. The van der Waals surface area contributed by atoms with Crippen LogP contribution in [0.4, 0.5) is 8.78 Å². The van der Waals surface area contributed by atoms with Gasteiger partial charge < -0.3 is 9.84 Å². The number of benzene rings is 3. The third kappa shape index (κ3) is 6.00. The van der Waals surface area contributed by atoms with Crippen molar-refractivity contribution in [1.29, 1.82) is 0 Å². The first-order valence-electron chi connectivity index (χ1n) is 9.33. The monoisotopic (exact) mass is 515 g/mol. The molecular weight excluding hydrogens is 499 g/mol. The summed E-state index contributed by atoms with van der Waals surface area (Å²) in [4.78, 5) is 11.5. The number of halogens is 4. The van der Waals surface area contributed by atoms with Crippen LogP contribution in [0.5, 0.6) is 5.75 Å². The van der Waals surface area contributed by atoms with Gasteiger partial charge in [-0.1, -0.05) is 35.3 Å². The Morgan fingerprint density at radius 1 is 1.00 bits per heavy atom. The quantitative estimate of drug-likeness (QED) is 0.440. The van der Waals surface area contributed by atoms with Crippen molar-refractivity contribution in [1.82, 2.24) is 4.31 Å². The number of carboxylic acid groups (broad SMARTS) is 1. The van der Waals surface area contributed by atoms with E-state index in [2.05, 4.69) is 0 Å².